The zero-order chi connectivity index (χ0) is 13.4. The van der Waals surface area contributed by atoms with Crippen LogP contribution in [-0.4, -0.2) is 38.3 Å². The molecule has 6 nitrogen and oxygen atoms in total. The van der Waals surface area contributed by atoms with E-state index in [4.69, 9.17) is 21.4 Å². The van der Waals surface area contributed by atoms with E-state index in [2.05, 4.69) is 9.97 Å². The van der Waals surface area contributed by atoms with Gasteiger partial charge in [-0.1, -0.05) is 0 Å². The van der Waals surface area contributed by atoms with Crippen molar-refractivity contribution >= 4 is 28.7 Å². The molecule has 1 atom stereocenters. The molecule has 0 radical (unpaired) electrons. The van der Waals surface area contributed by atoms with E-state index in [0.717, 1.165) is 13.0 Å². The number of aromatic carboxylic acids is 1. The van der Waals surface area contributed by atoms with Crippen LogP contribution in [-0.2, 0) is 17.2 Å². The van der Waals surface area contributed by atoms with Crippen molar-refractivity contribution < 1.29 is 14.6 Å². The summed E-state index contributed by atoms with van der Waals surface area (Å²) in [5.74, 6) is -0.0771. The number of carbonyl (C=O) groups is 1. The second-order valence-electron chi connectivity index (χ2n) is 4.43. The van der Waals surface area contributed by atoms with E-state index >= 15 is 0 Å². The molecule has 3 rings (SSSR count). The third-order valence-electron chi connectivity index (χ3n) is 3.21. The number of pyridine rings is 1. The summed E-state index contributed by atoms with van der Waals surface area (Å²) in [5, 5.41) is 8.95. The van der Waals surface area contributed by atoms with Crippen molar-refractivity contribution in [2.75, 3.05) is 6.61 Å². The Morgan fingerprint density at radius 3 is 3.00 bits per heavy atom. The fourth-order valence-corrected chi connectivity index (χ4v) is 2.30. The Kier molecular flexibility index (Phi) is 3.12. The maximum Gasteiger partial charge on any atom is 0.337 e. The lowest BCUT2D eigenvalue weighted by molar-refractivity contribution is -0.0590. The van der Waals surface area contributed by atoms with Gasteiger partial charge in [0.15, 0.2) is 5.65 Å². The zero-order valence-electron chi connectivity index (χ0n) is 10.0. The molecule has 1 fully saturated rings. The molecule has 0 spiro atoms. The molecule has 7 heteroatoms. The van der Waals surface area contributed by atoms with E-state index in [-0.39, 0.29) is 17.5 Å². The highest BCUT2D eigenvalue weighted by molar-refractivity contribution is 6.16. The summed E-state index contributed by atoms with van der Waals surface area (Å²) in [6.45, 7) is 1.43. The van der Waals surface area contributed by atoms with Crippen LogP contribution in [0.2, 0.25) is 0 Å². The summed E-state index contributed by atoms with van der Waals surface area (Å²) in [7, 11) is 0. The number of aromatic nitrogens is 3. The molecule has 1 saturated heterocycles. The van der Waals surface area contributed by atoms with Gasteiger partial charge in [-0.15, -0.1) is 11.6 Å². The number of fused-ring (bicyclic) bond motifs is 1. The van der Waals surface area contributed by atoms with Gasteiger partial charge in [0.1, 0.15) is 11.3 Å². The Bertz CT molecular complexity index is 636. The minimum atomic E-state index is -1.02. The molecule has 0 aromatic carbocycles. The molecule has 19 heavy (non-hydrogen) atoms. The van der Waals surface area contributed by atoms with Crippen molar-refractivity contribution in [3.05, 3.63) is 23.7 Å². The number of hydrogen-bond acceptors (Lipinski definition) is 4. The highest BCUT2D eigenvalue weighted by Crippen LogP contribution is 2.21. The molecule has 100 valence electrons. The SMILES string of the molecule is O=C(O)c1cnc2c(c1)nc(CCl)n2CC1CCO1. The predicted molar refractivity (Wildman–Crippen MR) is 68.4 cm³/mol. The van der Waals surface area contributed by atoms with Crippen LogP contribution in [0.5, 0.6) is 0 Å². The van der Waals surface area contributed by atoms with Crippen molar-refractivity contribution in [2.45, 2.75) is 24.9 Å². The second-order valence-corrected chi connectivity index (χ2v) is 4.69. The lowest BCUT2D eigenvalue weighted by Gasteiger charge is -2.27. The first kappa shape index (κ1) is 12.4. The number of imidazole rings is 1. The van der Waals surface area contributed by atoms with Gasteiger partial charge in [-0.25, -0.2) is 14.8 Å². The van der Waals surface area contributed by atoms with E-state index < -0.39 is 5.97 Å². The second kappa shape index (κ2) is 4.79. The van der Waals surface area contributed by atoms with Crippen LogP contribution in [0.3, 0.4) is 0 Å². The highest BCUT2D eigenvalue weighted by Gasteiger charge is 2.22. The summed E-state index contributed by atoms with van der Waals surface area (Å²) in [6.07, 6.45) is 2.51. The van der Waals surface area contributed by atoms with Crippen LogP contribution in [0.4, 0.5) is 0 Å². The minimum Gasteiger partial charge on any atom is -0.478 e. The van der Waals surface area contributed by atoms with Crippen LogP contribution in [0.1, 0.15) is 22.6 Å². The normalized spacial score (nSPS) is 18.5. The number of ether oxygens (including phenoxy) is 1. The van der Waals surface area contributed by atoms with Gasteiger partial charge in [-0.3, -0.25) is 0 Å². The number of alkyl halides is 1. The first-order chi connectivity index (χ1) is 9.19. The Morgan fingerprint density at radius 2 is 2.42 bits per heavy atom. The van der Waals surface area contributed by atoms with Gasteiger partial charge in [0.25, 0.3) is 0 Å². The summed E-state index contributed by atoms with van der Waals surface area (Å²) in [4.78, 5) is 19.4. The van der Waals surface area contributed by atoms with Crippen molar-refractivity contribution in [3.63, 3.8) is 0 Å². The number of halogens is 1. The predicted octanol–water partition coefficient (Wildman–Crippen LogP) is 1.66. The fraction of sp³-hybridized carbons (Fsp3) is 0.417. The first-order valence-corrected chi connectivity index (χ1v) is 6.48. The molecular formula is C12H12ClN3O3. The van der Waals surface area contributed by atoms with Crippen LogP contribution in [0.25, 0.3) is 11.2 Å². The summed E-state index contributed by atoms with van der Waals surface area (Å²) in [6, 6.07) is 1.51. The number of hydrogen-bond donors (Lipinski definition) is 1. The van der Waals surface area contributed by atoms with Gasteiger partial charge >= 0.3 is 5.97 Å². The summed E-state index contributed by atoms with van der Waals surface area (Å²) >= 11 is 5.88. The maximum atomic E-state index is 10.9. The van der Waals surface area contributed by atoms with Crippen LogP contribution in [0.15, 0.2) is 12.3 Å². The van der Waals surface area contributed by atoms with E-state index in [1.165, 1.54) is 12.3 Å². The van der Waals surface area contributed by atoms with Gasteiger partial charge in [0.05, 0.1) is 24.1 Å². The standard InChI is InChI=1S/C12H12ClN3O3/c13-4-10-15-9-3-7(12(17)18)5-14-11(9)16(10)6-8-1-2-19-8/h3,5,8H,1-2,4,6H2,(H,17,18). The van der Waals surface area contributed by atoms with Crippen LogP contribution < -0.4 is 0 Å². The molecule has 1 aliphatic heterocycles. The topological polar surface area (TPSA) is 77.2 Å². The molecular weight excluding hydrogens is 270 g/mol. The van der Waals surface area contributed by atoms with Gasteiger partial charge < -0.3 is 14.4 Å². The van der Waals surface area contributed by atoms with E-state index in [1.54, 1.807) is 0 Å². The Labute approximate surface area is 114 Å². The molecule has 1 unspecified atom stereocenters. The fourth-order valence-electron chi connectivity index (χ4n) is 2.10. The van der Waals surface area contributed by atoms with Crippen LogP contribution >= 0.6 is 11.6 Å². The van der Waals surface area contributed by atoms with E-state index in [9.17, 15) is 4.79 Å². The van der Waals surface area contributed by atoms with E-state index in [1.807, 2.05) is 4.57 Å². The van der Waals surface area contributed by atoms with Crippen LogP contribution in [0, 0.1) is 0 Å². The highest BCUT2D eigenvalue weighted by atomic mass is 35.5. The number of nitrogens with zero attached hydrogens (tertiary/aromatic N) is 3. The Morgan fingerprint density at radius 1 is 1.63 bits per heavy atom. The molecule has 0 saturated carbocycles. The van der Waals surface area contributed by atoms with Crippen molar-refractivity contribution in [1.82, 2.24) is 14.5 Å². The Balaban J connectivity index is 2.05. The molecule has 0 amide bonds. The number of carboxylic acids is 1. The lowest BCUT2D eigenvalue weighted by Crippen LogP contribution is -2.31. The maximum absolute atomic E-state index is 10.9. The summed E-state index contributed by atoms with van der Waals surface area (Å²) < 4.78 is 7.30. The summed E-state index contributed by atoms with van der Waals surface area (Å²) in [5.41, 5.74) is 1.32. The van der Waals surface area contributed by atoms with Gasteiger partial charge in [0.2, 0.25) is 0 Å². The average molecular weight is 282 g/mol. The lowest BCUT2D eigenvalue weighted by atomic mass is 10.2. The van der Waals surface area contributed by atoms with Gasteiger partial charge in [0, 0.05) is 12.8 Å². The molecule has 0 aliphatic carbocycles. The Hall–Kier alpha value is -1.66. The smallest absolute Gasteiger partial charge is 0.337 e. The first-order valence-electron chi connectivity index (χ1n) is 5.95. The molecule has 3 heterocycles. The van der Waals surface area contributed by atoms with Crippen molar-refractivity contribution in [3.8, 4) is 0 Å². The number of carboxylic acid groups (broad SMARTS) is 1. The largest absolute Gasteiger partial charge is 0.478 e. The monoisotopic (exact) mass is 281 g/mol. The average Bonchev–Trinajstić information content (AvgIpc) is 2.70. The molecule has 2 aromatic rings. The van der Waals surface area contributed by atoms with Crippen molar-refractivity contribution in [1.29, 1.82) is 0 Å². The molecule has 1 aliphatic rings. The van der Waals surface area contributed by atoms with E-state index in [0.29, 0.717) is 23.5 Å². The van der Waals surface area contributed by atoms with Gasteiger partial charge in [-0.2, -0.15) is 0 Å². The van der Waals surface area contributed by atoms with Crippen molar-refractivity contribution in [2.24, 2.45) is 0 Å². The quantitative estimate of drug-likeness (QED) is 0.863. The molecule has 0 bridgehead atoms. The number of rotatable bonds is 4. The van der Waals surface area contributed by atoms with Gasteiger partial charge in [-0.05, 0) is 12.5 Å². The third-order valence-corrected chi connectivity index (χ3v) is 3.45. The molecule has 2 aromatic heterocycles. The third kappa shape index (κ3) is 2.17. The molecule has 1 N–H and O–H groups in total. The minimum absolute atomic E-state index is 0.123. The zero-order valence-corrected chi connectivity index (χ0v) is 10.8.